The molecular formula is C20H25N5O. The Bertz CT molecular complexity index is 968. The maximum Gasteiger partial charge on any atom is 0.238 e. The average Bonchev–Trinajstić information content (AvgIpc) is 2.88. The molecular weight excluding hydrogens is 326 g/mol. The third-order valence-electron chi connectivity index (χ3n) is 4.56. The van der Waals surface area contributed by atoms with Gasteiger partial charge in [0.2, 0.25) is 5.91 Å². The standard InChI is InChI=1S/C20H25N5O/c1-11-9-17(19-13(3)23-24-14(19)4)22-20-12(2)16(8-7-15(11)20)21-18(26)10-25(5)6/h7-9H,10H2,1-6H3,(H,21,26)(H,23,24). The van der Waals surface area contributed by atoms with E-state index in [9.17, 15) is 4.79 Å². The van der Waals surface area contributed by atoms with Gasteiger partial charge in [-0.2, -0.15) is 5.10 Å². The first-order valence-electron chi connectivity index (χ1n) is 8.65. The SMILES string of the molecule is Cc1n[nH]c(C)c1-c1cc(C)c2ccc(NC(=O)CN(C)C)c(C)c2n1. The van der Waals surface area contributed by atoms with E-state index < -0.39 is 0 Å². The third kappa shape index (κ3) is 3.32. The van der Waals surface area contributed by atoms with Gasteiger partial charge in [0.25, 0.3) is 0 Å². The van der Waals surface area contributed by atoms with Crippen LogP contribution in [0.25, 0.3) is 22.2 Å². The molecule has 2 aromatic heterocycles. The number of hydrogen-bond acceptors (Lipinski definition) is 4. The highest BCUT2D eigenvalue weighted by Crippen LogP contribution is 2.31. The molecule has 1 amide bonds. The molecule has 0 aliphatic carbocycles. The number of carbonyl (C=O) groups is 1. The van der Waals surface area contributed by atoms with Gasteiger partial charge < -0.3 is 10.2 Å². The second-order valence-electron chi connectivity index (χ2n) is 7.05. The summed E-state index contributed by atoms with van der Waals surface area (Å²) in [7, 11) is 3.75. The van der Waals surface area contributed by atoms with Gasteiger partial charge in [0.05, 0.1) is 23.4 Å². The van der Waals surface area contributed by atoms with Gasteiger partial charge in [-0.15, -0.1) is 0 Å². The number of aryl methyl sites for hydroxylation is 4. The number of hydrogen-bond donors (Lipinski definition) is 2. The van der Waals surface area contributed by atoms with Crippen molar-refractivity contribution in [3.05, 3.63) is 40.7 Å². The van der Waals surface area contributed by atoms with Crippen molar-refractivity contribution in [1.29, 1.82) is 0 Å². The summed E-state index contributed by atoms with van der Waals surface area (Å²) in [5.74, 6) is -0.0353. The van der Waals surface area contributed by atoms with Gasteiger partial charge in [0.15, 0.2) is 0 Å². The highest BCUT2D eigenvalue weighted by Gasteiger charge is 2.15. The fourth-order valence-corrected chi connectivity index (χ4v) is 3.27. The number of aromatic nitrogens is 3. The zero-order valence-electron chi connectivity index (χ0n) is 16.2. The van der Waals surface area contributed by atoms with Crippen LogP contribution in [0, 0.1) is 27.7 Å². The lowest BCUT2D eigenvalue weighted by atomic mass is 10.0. The van der Waals surface area contributed by atoms with Crippen molar-refractivity contribution >= 4 is 22.5 Å². The van der Waals surface area contributed by atoms with Crippen molar-refractivity contribution in [1.82, 2.24) is 20.1 Å². The zero-order valence-corrected chi connectivity index (χ0v) is 16.2. The van der Waals surface area contributed by atoms with Crippen LogP contribution in [-0.4, -0.2) is 46.6 Å². The molecule has 0 unspecified atom stereocenters. The Morgan fingerprint density at radius 3 is 2.54 bits per heavy atom. The number of likely N-dealkylation sites (N-methyl/N-ethyl adjacent to an activating group) is 1. The fourth-order valence-electron chi connectivity index (χ4n) is 3.27. The summed E-state index contributed by atoms with van der Waals surface area (Å²) in [6, 6.07) is 6.07. The van der Waals surface area contributed by atoms with E-state index in [1.807, 2.05) is 51.9 Å². The molecule has 136 valence electrons. The first-order chi connectivity index (χ1) is 12.3. The number of pyridine rings is 1. The van der Waals surface area contributed by atoms with Crippen LogP contribution >= 0.6 is 0 Å². The van der Waals surface area contributed by atoms with E-state index in [1.54, 1.807) is 0 Å². The number of nitrogens with one attached hydrogen (secondary N) is 2. The lowest BCUT2D eigenvalue weighted by Gasteiger charge is -2.15. The summed E-state index contributed by atoms with van der Waals surface area (Å²) in [4.78, 5) is 18.9. The van der Waals surface area contributed by atoms with E-state index in [2.05, 4.69) is 28.5 Å². The summed E-state index contributed by atoms with van der Waals surface area (Å²) in [6.45, 7) is 8.41. The number of amides is 1. The number of benzene rings is 1. The molecule has 2 N–H and O–H groups in total. The summed E-state index contributed by atoms with van der Waals surface area (Å²) >= 11 is 0. The average molecular weight is 351 g/mol. The molecule has 0 saturated carbocycles. The Morgan fingerprint density at radius 1 is 1.19 bits per heavy atom. The smallest absolute Gasteiger partial charge is 0.238 e. The second-order valence-corrected chi connectivity index (χ2v) is 7.05. The van der Waals surface area contributed by atoms with Gasteiger partial charge in [-0.1, -0.05) is 6.07 Å². The Morgan fingerprint density at radius 2 is 1.92 bits per heavy atom. The summed E-state index contributed by atoms with van der Waals surface area (Å²) in [5.41, 5.74) is 7.70. The van der Waals surface area contributed by atoms with Gasteiger partial charge in [-0.3, -0.25) is 9.89 Å². The number of rotatable bonds is 4. The summed E-state index contributed by atoms with van der Waals surface area (Å²) in [5, 5.41) is 11.4. The first-order valence-corrected chi connectivity index (χ1v) is 8.65. The van der Waals surface area contributed by atoms with Gasteiger partial charge in [-0.25, -0.2) is 4.98 Å². The molecule has 0 aliphatic rings. The molecule has 3 rings (SSSR count). The maximum atomic E-state index is 12.1. The van der Waals surface area contributed by atoms with Crippen molar-refractivity contribution in [2.75, 3.05) is 26.0 Å². The first kappa shape index (κ1) is 18.1. The van der Waals surface area contributed by atoms with Crippen LogP contribution in [-0.2, 0) is 4.79 Å². The van der Waals surface area contributed by atoms with Gasteiger partial charge in [-0.05, 0) is 65.0 Å². The number of aromatic amines is 1. The van der Waals surface area contributed by atoms with E-state index in [-0.39, 0.29) is 5.91 Å². The summed E-state index contributed by atoms with van der Waals surface area (Å²) in [6.07, 6.45) is 0. The van der Waals surface area contributed by atoms with Crippen LogP contribution < -0.4 is 5.32 Å². The zero-order chi connectivity index (χ0) is 19.0. The number of H-pyrrole nitrogens is 1. The van der Waals surface area contributed by atoms with Crippen molar-refractivity contribution in [2.45, 2.75) is 27.7 Å². The number of fused-ring (bicyclic) bond motifs is 1. The Labute approximate surface area is 153 Å². The molecule has 1 aromatic carbocycles. The second kappa shape index (κ2) is 6.88. The molecule has 0 spiro atoms. The van der Waals surface area contributed by atoms with E-state index in [0.717, 1.165) is 50.4 Å². The lowest BCUT2D eigenvalue weighted by Crippen LogP contribution is -2.27. The highest BCUT2D eigenvalue weighted by atomic mass is 16.2. The van der Waals surface area contributed by atoms with E-state index in [0.29, 0.717) is 6.54 Å². The van der Waals surface area contributed by atoms with Gasteiger partial charge in [0, 0.05) is 22.3 Å². The predicted octanol–water partition coefficient (Wildman–Crippen LogP) is 3.36. The summed E-state index contributed by atoms with van der Waals surface area (Å²) < 4.78 is 0. The van der Waals surface area contributed by atoms with E-state index in [1.165, 1.54) is 0 Å². The molecule has 6 heteroatoms. The predicted molar refractivity (Wildman–Crippen MR) is 105 cm³/mol. The monoisotopic (exact) mass is 351 g/mol. The third-order valence-corrected chi connectivity index (χ3v) is 4.56. The normalized spacial score (nSPS) is 11.3. The molecule has 0 radical (unpaired) electrons. The van der Waals surface area contributed by atoms with Crippen LogP contribution in [0.2, 0.25) is 0 Å². The minimum Gasteiger partial charge on any atom is -0.325 e. The molecule has 2 heterocycles. The van der Waals surface area contributed by atoms with Gasteiger partial charge >= 0.3 is 0 Å². The maximum absolute atomic E-state index is 12.1. The van der Waals surface area contributed by atoms with Crippen molar-refractivity contribution < 1.29 is 4.79 Å². The lowest BCUT2D eigenvalue weighted by molar-refractivity contribution is -0.116. The van der Waals surface area contributed by atoms with Crippen LogP contribution in [0.3, 0.4) is 0 Å². The number of carbonyl (C=O) groups excluding carboxylic acids is 1. The van der Waals surface area contributed by atoms with Crippen molar-refractivity contribution in [2.24, 2.45) is 0 Å². The molecule has 0 atom stereocenters. The highest BCUT2D eigenvalue weighted by molar-refractivity contribution is 5.98. The van der Waals surface area contributed by atoms with Crippen LogP contribution in [0.4, 0.5) is 5.69 Å². The van der Waals surface area contributed by atoms with E-state index in [4.69, 9.17) is 4.98 Å². The molecule has 0 fully saturated rings. The molecule has 0 saturated heterocycles. The Hall–Kier alpha value is -2.73. The fraction of sp³-hybridized carbons (Fsp3) is 0.350. The van der Waals surface area contributed by atoms with Crippen LogP contribution in [0.1, 0.15) is 22.5 Å². The number of nitrogens with zero attached hydrogens (tertiary/aromatic N) is 3. The van der Waals surface area contributed by atoms with E-state index >= 15 is 0 Å². The topological polar surface area (TPSA) is 73.9 Å². The van der Waals surface area contributed by atoms with Crippen molar-refractivity contribution in [3.8, 4) is 11.3 Å². The van der Waals surface area contributed by atoms with Crippen molar-refractivity contribution in [3.63, 3.8) is 0 Å². The minimum atomic E-state index is -0.0353. The molecule has 0 bridgehead atoms. The molecule has 3 aromatic rings. The van der Waals surface area contributed by atoms with Crippen LogP contribution in [0.15, 0.2) is 18.2 Å². The Balaban J connectivity index is 2.11. The molecule has 6 nitrogen and oxygen atoms in total. The number of anilines is 1. The quantitative estimate of drug-likeness (QED) is 0.756. The van der Waals surface area contributed by atoms with Gasteiger partial charge in [0.1, 0.15) is 0 Å². The van der Waals surface area contributed by atoms with Crippen LogP contribution in [0.5, 0.6) is 0 Å². The minimum absolute atomic E-state index is 0.0353. The molecule has 0 aliphatic heterocycles. The molecule has 26 heavy (non-hydrogen) atoms. The largest absolute Gasteiger partial charge is 0.325 e. The Kier molecular flexibility index (Phi) is 4.78.